The van der Waals surface area contributed by atoms with Crippen LogP contribution in [0.25, 0.3) is 0 Å². The molecule has 2 N–H and O–H groups in total. The van der Waals surface area contributed by atoms with Crippen molar-refractivity contribution in [3.8, 4) is 0 Å². The second kappa shape index (κ2) is 6.24. The number of urea groups is 1. The lowest BCUT2D eigenvalue weighted by Crippen LogP contribution is -2.36. The maximum Gasteiger partial charge on any atom is 0.315 e. The van der Waals surface area contributed by atoms with Crippen molar-refractivity contribution in [1.29, 1.82) is 0 Å². The average molecular weight is 231 g/mol. The summed E-state index contributed by atoms with van der Waals surface area (Å²) >= 11 is 5.40. The van der Waals surface area contributed by atoms with Crippen LogP contribution in [0.2, 0.25) is 0 Å². The Hall–Kier alpha value is -1.29. The van der Waals surface area contributed by atoms with Gasteiger partial charge in [0.1, 0.15) is 5.82 Å². The smallest absolute Gasteiger partial charge is 0.315 e. The van der Waals surface area contributed by atoms with Gasteiger partial charge in [0.05, 0.1) is 0 Å². The Morgan fingerprint density at radius 1 is 1.27 bits per heavy atom. The molecule has 0 fully saturated rings. The largest absolute Gasteiger partial charge is 0.337 e. The van der Waals surface area contributed by atoms with Crippen LogP contribution in [-0.2, 0) is 6.54 Å². The molecule has 0 saturated heterocycles. The number of carbonyl (C=O) groups is 1. The molecule has 0 saturated carbocycles. The van der Waals surface area contributed by atoms with E-state index < -0.39 is 0 Å². The summed E-state index contributed by atoms with van der Waals surface area (Å²) in [5.74, 6) is 0.0922. The van der Waals surface area contributed by atoms with Crippen molar-refractivity contribution in [2.24, 2.45) is 0 Å². The van der Waals surface area contributed by atoms with Crippen molar-refractivity contribution >= 4 is 17.6 Å². The molecular weight excluding hydrogens is 219 g/mol. The van der Waals surface area contributed by atoms with Gasteiger partial charge in [0, 0.05) is 19.0 Å². The lowest BCUT2D eigenvalue weighted by Gasteiger charge is -2.06. The Bertz CT molecular complexity index is 316. The summed E-state index contributed by atoms with van der Waals surface area (Å²) in [4.78, 5) is 11.1. The highest BCUT2D eigenvalue weighted by atomic mass is 35.5. The molecule has 1 rings (SSSR count). The maximum atomic E-state index is 12.5. The van der Waals surface area contributed by atoms with E-state index in [1.807, 2.05) is 0 Å². The SMILES string of the molecule is O=C(NCCCl)NCc1ccc(F)cc1. The van der Waals surface area contributed by atoms with Crippen LogP contribution < -0.4 is 10.6 Å². The third-order valence-electron chi connectivity index (χ3n) is 1.75. The van der Waals surface area contributed by atoms with E-state index in [0.29, 0.717) is 19.0 Å². The van der Waals surface area contributed by atoms with Crippen molar-refractivity contribution in [2.45, 2.75) is 6.54 Å². The highest BCUT2D eigenvalue weighted by Crippen LogP contribution is 2.01. The molecule has 0 bridgehead atoms. The van der Waals surface area contributed by atoms with Gasteiger partial charge in [0.2, 0.25) is 0 Å². The average Bonchev–Trinajstić information content (AvgIpc) is 2.25. The zero-order valence-corrected chi connectivity index (χ0v) is 8.85. The molecule has 0 unspecified atom stereocenters. The summed E-state index contributed by atoms with van der Waals surface area (Å²) in [6.45, 7) is 0.797. The maximum absolute atomic E-state index is 12.5. The van der Waals surface area contributed by atoms with Crippen LogP contribution >= 0.6 is 11.6 Å². The summed E-state index contributed by atoms with van der Waals surface area (Å²) in [6.07, 6.45) is 0. The number of hydrogen-bond donors (Lipinski definition) is 2. The number of alkyl halides is 1. The van der Waals surface area contributed by atoms with Gasteiger partial charge in [0.25, 0.3) is 0 Å². The van der Waals surface area contributed by atoms with Crippen LogP contribution in [0.4, 0.5) is 9.18 Å². The quantitative estimate of drug-likeness (QED) is 0.762. The number of amides is 2. The molecule has 0 aliphatic heterocycles. The van der Waals surface area contributed by atoms with E-state index in [1.54, 1.807) is 12.1 Å². The van der Waals surface area contributed by atoms with Crippen LogP contribution in [0.5, 0.6) is 0 Å². The minimum absolute atomic E-state index is 0.278. The molecule has 0 aliphatic rings. The lowest BCUT2D eigenvalue weighted by atomic mass is 10.2. The first-order valence-electron chi connectivity index (χ1n) is 4.54. The molecule has 0 spiro atoms. The van der Waals surface area contributed by atoms with E-state index in [2.05, 4.69) is 10.6 Å². The topological polar surface area (TPSA) is 41.1 Å². The Balaban J connectivity index is 2.30. The minimum Gasteiger partial charge on any atom is -0.337 e. The van der Waals surface area contributed by atoms with E-state index in [9.17, 15) is 9.18 Å². The van der Waals surface area contributed by atoms with Crippen molar-refractivity contribution < 1.29 is 9.18 Å². The first-order chi connectivity index (χ1) is 7.22. The zero-order valence-electron chi connectivity index (χ0n) is 8.09. The number of nitrogens with one attached hydrogen (secondary N) is 2. The molecule has 0 aliphatic carbocycles. The second-order valence-corrected chi connectivity index (χ2v) is 3.30. The third kappa shape index (κ3) is 4.65. The van der Waals surface area contributed by atoms with Gasteiger partial charge in [-0.1, -0.05) is 12.1 Å². The summed E-state index contributed by atoms with van der Waals surface area (Å²) in [6, 6.07) is 5.68. The zero-order chi connectivity index (χ0) is 11.1. The molecule has 0 atom stereocenters. The fourth-order valence-corrected chi connectivity index (χ4v) is 1.10. The van der Waals surface area contributed by atoms with E-state index in [1.165, 1.54) is 12.1 Å². The minimum atomic E-state index is -0.287. The Morgan fingerprint density at radius 3 is 2.53 bits per heavy atom. The monoisotopic (exact) mass is 230 g/mol. The Labute approximate surface area is 92.6 Å². The Kier molecular flexibility index (Phi) is 4.90. The van der Waals surface area contributed by atoms with Crippen molar-refractivity contribution in [2.75, 3.05) is 12.4 Å². The van der Waals surface area contributed by atoms with Crippen LogP contribution in [0.1, 0.15) is 5.56 Å². The van der Waals surface area contributed by atoms with E-state index in [-0.39, 0.29) is 11.8 Å². The van der Waals surface area contributed by atoms with Crippen molar-refractivity contribution in [3.05, 3.63) is 35.6 Å². The van der Waals surface area contributed by atoms with E-state index in [4.69, 9.17) is 11.6 Å². The first kappa shape index (κ1) is 11.8. The molecule has 5 heteroatoms. The normalized spacial score (nSPS) is 9.73. The van der Waals surface area contributed by atoms with Gasteiger partial charge >= 0.3 is 6.03 Å². The summed E-state index contributed by atoms with van der Waals surface area (Å²) in [5.41, 5.74) is 0.845. The van der Waals surface area contributed by atoms with Gasteiger partial charge < -0.3 is 10.6 Å². The standard InChI is InChI=1S/C10H12ClFN2O/c11-5-6-13-10(15)14-7-8-1-3-9(12)4-2-8/h1-4H,5-7H2,(H2,13,14,15). The number of benzene rings is 1. The van der Waals surface area contributed by atoms with Crippen molar-refractivity contribution in [3.63, 3.8) is 0 Å². The number of rotatable bonds is 4. The molecule has 0 heterocycles. The van der Waals surface area contributed by atoms with E-state index in [0.717, 1.165) is 5.56 Å². The highest BCUT2D eigenvalue weighted by Gasteiger charge is 1.99. The van der Waals surface area contributed by atoms with Crippen molar-refractivity contribution in [1.82, 2.24) is 10.6 Å². The van der Waals surface area contributed by atoms with Gasteiger partial charge in [-0.15, -0.1) is 11.6 Å². The predicted molar refractivity (Wildman–Crippen MR) is 57.4 cm³/mol. The second-order valence-electron chi connectivity index (χ2n) is 2.92. The molecule has 3 nitrogen and oxygen atoms in total. The van der Waals surface area contributed by atoms with Gasteiger partial charge in [-0.2, -0.15) is 0 Å². The summed E-state index contributed by atoms with van der Waals surface area (Å²) in [5, 5.41) is 5.18. The third-order valence-corrected chi connectivity index (χ3v) is 1.94. The molecule has 2 amide bonds. The van der Waals surface area contributed by atoms with Gasteiger partial charge in [0.15, 0.2) is 0 Å². The molecule has 15 heavy (non-hydrogen) atoms. The molecule has 1 aromatic carbocycles. The number of carbonyl (C=O) groups excluding carboxylic acids is 1. The van der Waals surface area contributed by atoms with Gasteiger partial charge in [-0.3, -0.25) is 0 Å². The predicted octanol–water partition coefficient (Wildman–Crippen LogP) is 1.86. The Morgan fingerprint density at radius 2 is 1.93 bits per heavy atom. The molecule has 0 aromatic heterocycles. The first-order valence-corrected chi connectivity index (χ1v) is 5.08. The molecular formula is C10H12ClFN2O. The summed E-state index contributed by atoms with van der Waals surface area (Å²) < 4.78 is 12.5. The van der Waals surface area contributed by atoms with Crippen LogP contribution in [0, 0.1) is 5.82 Å². The van der Waals surface area contributed by atoms with E-state index >= 15 is 0 Å². The van der Waals surface area contributed by atoms with Gasteiger partial charge in [-0.05, 0) is 17.7 Å². The number of hydrogen-bond acceptors (Lipinski definition) is 1. The molecule has 82 valence electrons. The highest BCUT2D eigenvalue weighted by molar-refractivity contribution is 6.18. The molecule has 1 aromatic rings. The fourth-order valence-electron chi connectivity index (χ4n) is 1.01. The van der Waals surface area contributed by atoms with Gasteiger partial charge in [-0.25, -0.2) is 9.18 Å². The summed E-state index contributed by atoms with van der Waals surface area (Å²) in [7, 11) is 0. The number of halogens is 2. The van der Waals surface area contributed by atoms with Crippen LogP contribution in [0.3, 0.4) is 0 Å². The van der Waals surface area contributed by atoms with Crippen LogP contribution in [0.15, 0.2) is 24.3 Å². The van der Waals surface area contributed by atoms with Crippen LogP contribution in [-0.4, -0.2) is 18.5 Å². The fraction of sp³-hybridized carbons (Fsp3) is 0.300. The lowest BCUT2D eigenvalue weighted by molar-refractivity contribution is 0.241. The molecule has 0 radical (unpaired) electrons.